The number of halogens is 1. The van der Waals surface area contributed by atoms with Gasteiger partial charge in [-0.25, -0.2) is 13.2 Å². The van der Waals surface area contributed by atoms with E-state index in [0.29, 0.717) is 23.5 Å². The van der Waals surface area contributed by atoms with Crippen molar-refractivity contribution in [3.05, 3.63) is 28.2 Å². The molecule has 1 fully saturated rings. The maximum Gasteiger partial charge on any atom is 0.336 e. The molecule has 0 radical (unpaired) electrons. The van der Waals surface area contributed by atoms with Crippen LogP contribution in [-0.4, -0.2) is 36.9 Å². The highest BCUT2D eigenvalue weighted by atomic mass is 79.9. The molecular weight excluding hydrogens is 334 g/mol. The summed E-state index contributed by atoms with van der Waals surface area (Å²) in [6.45, 7) is 2.97. The fraction of sp³-hybridized carbons (Fsp3) is 0.417. The number of benzene rings is 1. The molecule has 0 saturated carbocycles. The minimum Gasteiger partial charge on any atom is -0.478 e. The third-order valence-corrected chi connectivity index (χ3v) is 5.75. The third kappa shape index (κ3) is 2.82. The summed E-state index contributed by atoms with van der Waals surface area (Å²) in [7, 11) is -3.60. The first-order valence-corrected chi connectivity index (χ1v) is 8.08. The zero-order chi connectivity index (χ0) is 14.2. The molecule has 0 amide bonds. The summed E-state index contributed by atoms with van der Waals surface area (Å²) in [6, 6.07) is 4.08. The molecule has 1 atom stereocenters. The van der Waals surface area contributed by atoms with E-state index in [0.717, 1.165) is 6.42 Å². The van der Waals surface area contributed by atoms with Gasteiger partial charge in [0.05, 0.1) is 10.5 Å². The van der Waals surface area contributed by atoms with Crippen LogP contribution in [0.4, 0.5) is 0 Å². The number of aromatic carboxylic acids is 1. The Morgan fingerprint density at radius 2 is 2.16 bits per heavy atom. The monoisotopic (exact) mass is 347 g/mol. The van der Waals surface area contributed by atoms with Crippen LogP contribution in [0.2, 0.25) is 0 Å². The molecule has 1 heterocycles. The summed E-state index contributed by atoms with van der Waals surface area (Å²) in [5, 5.41) is 9.02. The van der Waals surface area contributed by atoms with Gasteiger partial charge in [0, 0.05) is 17.6 Å². The van der Waals surface area contributed by atoms with Crippen LogP contribution in [-0.2, 0) is 10.0 Å². The number of carbonyl (C=O) groups is 1. The average molecular weight is 348 g/mol. The van der Waals surface area contributed by atoms with Crippen molar-refractivity contribution in [3.8, 4) is 0 Å². The molecule has 2 rings (SSSR count). The van der Waals surface area contributed by atoms with Crippen LogP contribution in [0.5, 0.6) is 0 Å². The molecule has 1 aromatic rings. The topological polar surface area (TPSA) is 74.7 Å². The number of sulfonamides is 1. The smallest absolute Gasteiger partial charge is 0.336 e. The van der Waals surface area contributed by atoms with Gasteiger partial charge >= 0.3 is 5.97 Å². The van der Waals surface area contributed by atoms with Crippen molar-refractivity contribution >= 4 is 31.9 Å². The Bertz CT molecular complexity index is 614. The lowest BCUT2D eigenvalue weighted by Crippen LogP contribution is -2.28. The Morgan fingerprint density at radius 1 is 1.47 bits per heavy atom. The minimum absolute atomic E-state index is 0.0298. The number of hydrogen-bond donors (Lipinski definition) is 1. The average Bonchev–Trinajstić information content (AvgIpc) is 2.76. The van der Waals surface area contributed by atoms with E-state index in [1.165, 1.54) is 22.5 Å². The molecule has 1 aliphatic heterocycles. The van der Waals surface area contributed by atoms with Gasteiger partial charge in [-0.2, -0.15) is 4.31 Å². The zero-order valence-electron chi connectivity index (χ0n) is 10.3. The van der Waals surface area contributed by atoms with E-state index in [2.05, 4.69) is 15.9 Å². The Hall–Kier alpha value is -0.920. The van der Waals surface area contributed by atoms with Gasteiger partial charge in [0.2, 0.25) is 10.0 Å². The highest BCUT2D eigenvalue weighted by Gasteiger charge is 2.31. The molecule has 1 N–H and O–H groups in total. The highest BCUT2D eigenvalue weighted by Crippen LogP contribution is 2.27. The Labute approximate surface area is 120 Å². The summed E-state index contributed by atoms with van der Waals surface area (Å²) in [5.41, 5.74) is -0.0479. The predicted octanol–water partition coefficient (Wildman–Crippen LogP) is 2.18. The van der Waals surface area contributed by atoms with Crippen molar-refractivity contribution in [1.82, 2.24) is 4.31 Å². The molecule has 0 bridgehead atoms. The van der Waals surface area contributed by atoms with Crippen molar-refractivity contribution in [2.75, 3.05) is 13.1 Å². The molecule has 5 nitrogen and oxygen atoms in total. The molecule has 1 saturated heterocycles. The van der Waals surface area contributed by atoms with Crippen molar-refractivity contribution in [2.45, 2.75) is 18.2 Å². The summed E-state index contributed by atoms with van der Waals surface area (Å²) < 4.78 is 26.5. The number of rotatable bonds is 3. The van der Waals surface area contributed by atoms with Gasteiger partial charge in [0.25, 0.3) is 0 Å². The van der Waals surface area contributed by atoms with E-state index in [9.17, 15) is 13.2 Å². The van der Waals surface area contributed by atoms with Crippen LogP contribution in [0, 0.1) is 5.92 Å². The van der Waals surface area contributed by atoms with Gasteiger partial charge in [-0.3, -0.25) is 0 Å². The molecule has 104 valence electrons. The Balaban J connectivity index is 2.41. The van der Waals surface area contributed by atoms with E-state index in [1.807, 2.05) is 6.92 Å². The van der Waals surface area contributed by atoms with Crippen molar-refractivity contribution in [1.29, 1.82) is 0 Å². The normalized spacial score (nSPS) is 20.6. The molecule has 0 spiro atoms. The van der Waals surface area contributed by atoms with Crippen molar-refractivity contribution < 1.29 is 18.3 Å². The van der Waals surface area contributed by atoms with Gasteiger partial charge in [-0.1, -0.05) is 6.92 Å². The van der Waals surface area contributed by atoms with Crippen LogP contribution < -0.4 is 0 Å². The molecule has 0 aliphatic carbocycles. The lowest BCUT2D eigenvalue weighted by Gasteiger charge is -2.16. The van der Waals surface area contributed by atoms with E-state index in [1.54, 1.807) is 0 Å². The van der Waals surface area contributed by atoms with Crippen molar-refractivity contribution in [2.24, 2.45) is 5.92 Å². The minimum atomic E-state index is -3.60. The summed E-state index contributed by atoms with van der Waals surface area (Å²) in [4.78, 5) is 11.1. The van der Waals surface area contributed by atoms with Crippen LogP contribution in [0.3, 0.4) is 0 Å². The quantitative estimate of drug-likeness (QED) is 0.909. The van der Waals surface area contributed by atoms with E-state index >= 15 is 0 Å². The van der Waals surface area contributed by atoms with Gasteiger partial charge < -0.3 is 5.11 Å². The standard InChI is InChI=1S/C12H14BrNO4S/c1-8-4-5-14(7-8)19(17,18)9-2-3-11(13)10(6-9)12(15)16/h2-3,6,8H,4-5,7H2,1H3,(H,15,16). The Kier molecular flexibility index (Phi) is 3.98. The number of carboxylic acids is 1. The highest BCUT2D eigenvalue weighted by molar-refractivity contribution is 9.10. The summed E-state index contributed by atoms with van der Waals surface area (Å²) >= 11 is 3.10. The number of hydrogen-bond acceptors (Lipinski definition) is 3. The molecule has 1 unspecified atom stereocenters. The van der Waals surface area contributed by atoms with E-state index in [4.69, 9.17) is 5.11 Å². The largest absolute Gasteiger partial charge is 0.478 e. The summed E-state index contributed by atoms with van der Waals surface area (Å²) in [6.07, 6.45) is 0.835. The second kappa shape index (κ2) is 5.22. The Morgan fingerprint density at radius 3 is 2.68 bits per heavy atom. The zero-order valence-corrected chi connectivity index (χ0v) is 12.7. The van der Waals surface area contributed by atoms with Gasteiger partial charge in [0.15, 0.2) is 0 Å². The maximum absolute atomic E-state index is 12.4. The second-order valence-corrected chi connectivity index (χ2v) is 7.50. The lowest BCUT2D eigenvalue weighted by atomic mass is 10.2. The van der Waals surface area contributed by atoms with Gasteiger partial charge in [-0.15, -0.1) is 0 Å². The van der Waals surface area contributed by atoms with Gasteiger partial charge in [-0.05, 0) is 46.5 Å². The molecule has 0 aromatic heterocycles. The summed E-state index contributed by atoms with van der Waals surface area (Å²) in [5.74, 6) is -0.817. The third-order valence-electron chi connectivity index (χ3n) is 3.19. The molecule has 1 aromatic carbocycles. The first-order chi connectivity index (χ1) is 8.82. The van der Waals surface area contributed by atoms with Crippen LogP contribution in [0.25, 0.3) is 0 Å². The van der Waals surface area contributed by atoms with Crippen LogP contribution >= 0.6 is 15.9 Å². The first-order valence-electron chi connectivity index (χ1n) is 5.85. The molecule has 7 heteroatoms. The predicted molar refractivity (Wildman–Crippen MR) is 73.6 cm³/mol. The second-order valence-electron chi connectivity index (χ2n) is 4.70. The molecular formula is C12H14BrNO4S. The lowest BCUT2D eigenvalue weighted by molar-refractivity contribution is 0.0695. The maximum atomic E-state index is 12.4. The van der Waals surface area contributed by atoms with E-state index < -0.39 is 16.0 Å². The van der Waals surface area contributed by atoms with Crippen LogP contribution in [0.1, 0.15) is 23.7 Å². The molecule has 19 heavy (non-hydrogen) atoms. The first kappa shape index (κ1) is 14.5. The van der Waals surface area contributed by atoms with Gasteiger partial charge in [0.1, 0.15) is 0 Å². The fourth-order valence-electron chi connectivity index (χ4n) is 2.09. The van der Waals surface area contributed by atoms with Crippen molar-refractivity contribution in [3.63, 3.8) is 0 Å². The SMILES string of the molecule is CC1CCN(S(=O)(=O)c2ccc(Br)c(C(=O)O)c2)C1. The molecule has 1 aliphatic rings. The van der Waals surface area contributed by atoms with Crippen LogP contribution in [0.15, 0.2) is 27.6 Å². The fourth-order valence-corrected chi connectivity index (χ4v) is 4.11. The number of carboxylic acid groups (broad SMARTS) is 1. The van der Waals surface area contributed by atoms with E-state index in [-0.39, 0.29) is 10.5 Å². The number of nitrogens with zero attached hydrogens (tertiary/aromatic N) is 1.